The van der Waals surface area contributed by atoms with E-state index in [0.29, 0.717) is 12.8 Å². The quantitative estimate of drug-likeness (QED) is 0.928. The van der Waals surface area contributed by atoms with Gasteiger partial charge in [-0.1, -0.05) is 0 Å². The number of aliphatic carboxylic acids is 1. The van der Waals surface area contributed by atoms with Crippen molar-refractivity contribution < 1.29 is 18.3 Å². The Balaban J connectivity index is 2.04. The molecule has 0 spiro atoms. The minimum atomic E-state index is -3.77. The number of fused-ring (bicyclic) bond motifs is 1. The smallest absolute Gasteiger partial charge is 0.322 e. The van der Waals surface area contributed by atoms with Gasteiger partial charge in [0, 0.05) is 6.54 Å². The van der Waals surface area contributed by atoms with E-state index in [4.69, 9.17) is 5.11 Å². The van der Waals surface area contributed by atoms with Gasteiger partial charge in [-0.15, -0.1) is 11.3 Å². The first-order chi connectivity index (χ1) is 9.50. The molecule has 1 aromatic carbocycles. The molecule has 2 heterocycles. The highest BCUT2D eigenvalue weighted by Gasteiger charge is 2.39. The molecule has 1 N–H and O–H groups in total. The molecule has 1 fully saturated rings. The van der Waals surface area contributed by atoms with Crippen LogP contribution in [-0.2, 0) is 14.8 Å². The van der Waals surface area contributed by atoms with Gasteiger partial charge in [-0.25, -0.2) is 13.4 Å². The Bertz CT molecular complexity index is 769. The second-order valence-electron chi connectivity index (χ2n) is 4.59. The van der Waals surface area contributed by atoms with Gasteiger partial charge in [0.1, 0.15) is 6.04 Å². The maximum Gasteiger partial charge on any atom is 0.322 e. The highest BCUT2D eigenvalue weighted by molar-refractivity contribution is 7.89. The topological polar surface area (TPSA) is 87.6 Å². The summed E-state index contributed by atoms with van der Waals surface area (Å²) in [5.41, 5.74) is 2.39. The normalized spacial score (nSPS) is 20.5. The number of sulfonamides is 1. The van der Waals surface area contributed by atoms with Crippen LogP contribution in [0.15, 0.2) is 28.6 Å². The average molecular weight is 312 g/mol. The minimum Gasteiger partial charge on any atom is -0.480 e. The fourth-order valence-corrected chi connectivity index (χ4v) is 4.87. The molecule has 2 aromatic rings. The fraction of sp³-hybridized carbons (Fsp3) is 0.333. The van der Waals surface area contributed by atoms with Crippen molar-refractivity contribution >= 4 is 37.5 Å². The van der Waals surface area contributed by atoms with E-state index < -0.39 is 22.0 Å². The molecular weight excluding hydrogens is 300 g/mol. The van der Waals surface area contributed by atoms with E-state index in [0.717, 1.165) is 14.5 Å². The van der Waals surface area contributed by atoms with Gasteiger partial charge in [-0.3, -0.25) is 4.79 Å². The lowest BCUT2D eigenvalue weighted by Crippen LogP contribution is -2.40. The second kappa shape index (κ2) is 4.80. The summed E-state index contributed by atoms with van der Waals surface area (Å²) in [5, 5.41) is 9.12. The Hall–Kier alpha value is -1.51. The standard InChI is InChI=1S/C12H12N2O4S2/c15-12(16)10-2-1-5-14(10)20(17,18)8-3-4-9-11(6-8)19-7-13-9/h3-4,6-7,10H,1-2,5H2,(H,15,16). The summed E-state index contributed by atoms with van der Waals surface area (Å²) < 4.78 is 27.0. The van der Waals surface area contributed by atoms with Gasteiger partial charge in [0.15, 0.2) is 0 Å². The van der Waals surface area contributed by atoms with Crippen LogP contribution in [0.1, 0.15) is 12.8 Å². The van der Waals surface area contributed by atoms with E-state index in [1.807, 2.05) is 0 Å². The predicted molar refractivity (Wildman–Crippen MR) is 74.2 cm³/mol. The zero-order valence-corrected chi connectivity index (χ0v) is 12.0. The molecule has 8 heteroatoms. The van der Waals surface area contributed by atoms with Crippen molar-refractivity contribution in [1.82, 2.24) is 9.29 Å². The monoisotopic (exact) mass is 312 g/mol. The van der Waals surface area contributed by atoms with Crippen molar-refractivity contribution in [2.24, 2.45) is 0 Å². The van der Waals surface area contributed by atoms with E-state index >= 15 is 0 Å². The van der Waals surface area contributed by atoms with Crippen molar-refractivity contribution in [1.29, 1.82) is 0 Å². The van der Waals surface area contributed by atoms with Gasteiger partial charge in [-0.2, -0.15) is 4.31 Å². The number of aromatic nitrogens is 1. The predicted octanol–water partition coefficient (Wildman–Crippen LogP) is 1.53. The van der Waals surface area contributed by atoms with Crippen molar-refractivity contribution in [2.75, 3.05) is 6.54 Å². The van der Waals surface area contributed by atoms with Gasteiger partial charge in [-0.05, 0) is 31.0 Å². The molecule has 0 radical (unpaired) electrons. The number of carboxylic acids is 1. The molecule has 0 aliphatic carbocycles. The van der Waals surface area contributed by atoms with E-state index in [-0.39, 0.29) is 11.4 Å². The summed E-state index contributed by atoms with van der Waals surface area (Å²) in [5.74, 6) is -1.09. The van der Waals surface area contributed by atoms with E-state index in [1.54, 1.807) is 17.6 Å². The molecule has 6 nitrogen and oxygen atoms in total. The van der Waals surface area contributed by atoms with Gasteiger partial charge in [0.25, 0.3) is 0 Å². The molecule has 1 aliphatic heterocycles. The first-order valence-electron chi connectivity index (χ1n) is 6.08. The number of thiazole rings is 1. The third-order valence-electron chi connectivity index (χ3n) is 3.40. The van der Waals surface area contributed by atoms with Crippen LogP contribution in [-0.4, -0.2) is 41.4 Å². The molecule has 1 unspecified atom stereocenters. The van der Waals surface area contributed by atoms with Crippen molar-refractivity contribution in [2.45, 2.75) is 23.8 Å². The Kier molecular flexibility index (Phi) is 3.23. The zero-order valence-electron chi connectivity index (χ0n) is 10.4. The van der Waals surface area contributed by atoms with Crippen LogP contribution >= 0.6 is 11.3 Å². The minimum absolute atomic E-state index is 0.127. The molecule has 1 aliphatic rings. The molecule has 106 valence electrons. The van der Waals surface area contributed by atoms with E-state index in [2.05, 4.69) is 4.98 Å². The molecule has 20 heavy (non-hydrogen) atoms. The number of hydrogen-bond acceptors (Lipinski definition) is 5. The lowest BCUT2D eigenvalue weighted by Gasteiger charge is -2.20. The Morgan fingerprint density at radius 3 is 3.00 bits per heavy atom. The molecule has 1 aromatic heterocycles. The first-order valence-corrected chi connectivity index (χ1v) is 8.40. The lowest BCUT2D eigenvalue weighted by molar-refractivity contribution is -0.140. The SMILES string of the molecule is O=C(O)C1CCCN1S(=O)(=O)c1ccc2ncsc2c1. The number of carboxylic acid groups (broad SMARTS) is 1. The van der Waals surface area contributed by atoms with Gasteiger partial charge in [0.05, 0.1) is 20.6 Å². The van der Waals surface area contributed by atoms with Crippen molar-refractivity contribution in [3.63, 3.8) is 0 Å². The Morgan fingerprint density at radius 2 is 2.25 bits per heavy atom. The molecule has 0 saturated carbocycles. The number of nitrogens with zero attached hydrogens (tertiary/aromatic N) is 2. The molecule has 0 bridgehead atoms. The van der Waals surface area contributed by atoms with Gasteiger partial charge in [0.2, 0.25) is 10.0 Å². The summed E-state index contributed by atoms with van der Waals surface area (Å²) in [7, 11) is -3.77. The summed E-state index contributed by atoms with van der Waals surface area (Å²) >= 11 is 1.36. The summed E-state index contributed by atoms with van der Waals surface area (Å²) in [6.45, 7) is 0.250. The summed E-state index contributed by atoms with van der Waals surface area (Å²) in [6.07, 6.45) is 0.927. The van der Waals surface area contributed by atoms with E-state index in [1.165, 1.54) is 17.4 Å². The first kappa shape index (κ1) is 13.5. The van der Waals surface area contributed by atoms with Crippen LogP contribution in [0.5, 0.6) is 0 Å². The number of carbonyl (C=O) groups is 1. The highest BCUT2D eigenvalue weighted by atomic mass is 32.2. The summed E-state index contributed by atoms with van der Waals surface area (Å²) in [6, 6.07) is 3.72. The maximum absolute atomic E-state index is 12.6. The van der Waals surface area contributed by atoms with Crippen LogP contribution in [0, 0.1) is 0 Å². The molecule has 3 rings (SSSR count). The average Bonchev–Trinajstić information content (AvgIpc) is 3.06. The van der Waals surface area contributed by atoms with Crippen LogP contribution in [0.25, 0.3) is 10.2 Å². The highest BCUT2D eigenvalue weighted by Crippen LogP contribution is 2.28. The van der Waals surface area contributed by atoms with Crippen LogP contribution in [0.4, 0.5) is 0 Å². The number of benzene rings is 1. The number of rotatable bonds is 3. The van der Waals surface area contributed by atoms with Crippen LogP contribution in [0.3, 0.4) is 0 Å². The second-order valence-corrected chi connectivity index (χ2v) is 7.37. The summed E-state index contributed by atoms with van der Waals surface area (Å²) in [4.78, 5) is 15.4. The molecular formula is C12H12N2O4S2. The zero-order chi connectivity index (χ0) is 14.3. The third-order valence-corrected chi connectivity index (χ3v) is 6.09. The maximum atomic E-state index is 12.6. The van der Waals surface area contributed by atoms with Gasteiger partial charge < -0.3 is 5.11 Å². The molecule has 1 saturated heterocycles. The van der Waals surface area contributed by atoms with Crippen LogP contribution in [0.2, 0.25) is 0 Å². The Labute approximate surface area is 119 Å². The number of hydrogen-bond donors (Lipinski definition) is 1. The largest absolute Gasteiger partial charge is 0.480 e. The fourth-order valence-electron chi connectivity index (χ4n) is 2.41. The van der Waals surface area contributed by atoms with Crippen molar-refractivity contribution in [3.05, 3.63) is 23.7 Å². The molecule has 0 amide bonds. The molecule has 1 atom stereocenters. The Morgan fingerprint density at radius 1 is 1.45 bits per heavy atom. The van der Waals surface area contributed by atoms with Crippen molar-refractivity contribution in [3.8, 4) is 0 Å². The van der Waals surface area contributed by atoms with E-state index in [9.17, 15) is 13.2 Å². The lowest BCUT2D eigenvalue weighted by atomic mass is 10.2. The third kappa shape index (κ3) is 2.09. The van der Waals surface area contributed by atoms with Gasteiger partial charge >= 0.3 is 5.97 Å². The van der Waals surface area contributed by atoms with Crippen LogP contribution < -0.4 is 0 Å².